The van der Waals surface area contributed by atoms with Crippen molar-refractivity contribution in [2.24, 2.45) is 0 Å². The van der Waals surface area contributed by atoms with E-state index in [1.165, 1.54) is 0 Å². The summed E-state index contributed by atoms with van der Waals surface area (Å²) in [6.07, 6.45) is 2.13. The molecule has 0 aliphatic carbocycles. The lowest BCUT2D eigenvalue weighted by Gasteiger charge is -2.02. The Morgan fingerprint density at radius 1 is 1.11 bits per heavy atom. The standard InChI is InChI=1S/C12H12ClN.C2H6.C2H4/c1-2-4-10-8-7-9-5-3-6-11(13)12(9)14-10;2*1-2/h3,5-8H,2,4H2,1H3;1-2H3;1-2H2. The number of fused-ring (bicyclic) bond motifs is 1. The number of nitrogens with zero attached hydrogens (tertiary/aromatic N) is 1. The van der Waals surface area contributed by atoms with Crippen LogP contribution in [-0.2, 0) is 6.42 Å². The van der Waals surface area contributed by atoms with Crippen LogP contribution in [0.5, 0.6) is 0 Å². The SMILES string of the molecule is C=C.CC.CCCc1ccc2cccc(Cl)c2n1. The van der Waals surface area contributed by atoms with Gasteiger partial charge < -0.3 is 0 Å². The summed E-state index contributed by atoms with van der Waals surface area (Å²) in [4.78, 5) is 4.53. The smallest absolute Gasteiger partial charge is 0.0891 e. The average molecular weight is 264 g/mol. The van der Waals surface area contributed by atoms with Gasteiger partial charge in [-0.15, -0.1) is 13.2 Å². The van der Waals surface area contributed by atoms with Crippen LogP contribution >= 0.6 is 11.6 Å². The molecule has 1 aromatic carbocycles. The molecule has 18 heavy (non-hydrogen) atoms. The van der Waals surface area contributed by atoms with E-state index in [1.54, 1.807) is 0 Å². The minimum atomic E-state index is 0.737. The second kappa shape index (κ2) is 9.67. The molecule has 2 aromatic rings. The summed E-state index contributed by atoms with van der Waals surface area (Å²) < 4.78 is 0. The fraction of sp³-hybridized carbons (Fsp3) is 0.312. The zero-order chi connectivity index (χ0) is 14.0. The molecule has 0 aliphatic rings. The number of rotatable bonds is 2. The number of hydrogen-bond donors (Lipinski definition) is 0. The highest BCUT2D eigenvalue weighted by atomic mass is 35.5. The third kappa shape index (κ3) is 4.50. The quantitative estimate of drug-likeness (QED) is 0.636. The summed E-state index contributed by atoms with van der Waals surface area (Å²) in [7, 11) is 0. The second-order valence-corrected chi connectivity index (χ2v) is 3.77. The molecule has 0 aliphatic heterocycles. The number of aryl methyl sites for hydroxylation is 1. The van der Waals surface area contributed by atoms with E-state index in [1.807, 2.05) is 32.0 Å². The van der Waals surface area contributed by atoms with Gasteiger partial charge in [-0.25, -0.2) is 0 Å². The van der Waals surface area contributed by atoms with Gasteiger partial charge in [0.2, 0.25) is 0 Å². The Bertz CT molecular complexity index is 466. The van der Waals surface area contributed by atoms with Gasteiger partial charge in [-0.2, -0.15) is 0 Å². The van der Waals surface area contributed by atoms with Crippen molar-refractivity contribution in [2.45, 2.75) is 33.6 Å². The van der Waals surface area contributed by atoms with E-state index in [-0.39, 0.29) is 0 Å². The minimum Gasteiger partial charge on any atom is -0.251 e. The Balaban J connectivity index is 0.000000659. The number of benzene rings is 1. The lowest BCUT2D eigenvalue weighted by molar-refractivity contribution is 0.890. The molecule has 2 heteroatoms. The predicted octanol–water partition coefficient (Wildman–Crippen LogP) is 5.67. The van der Waals surface area contributed by atoms with Crippen molar-refractivity contribution in [3.05, 3.63) is 54.2 Å². The Labute approximate surface area is 116 Å². The van der Waals surface area contributed by atoms with Gasteiger partial charge in [-0.3, -0.25) is 4.98 Å². The molecule has 0 radical (unpaired) electrons. The fourth-order valence-electron chi connectivity index (χ4n) is 1.55. The Hall–Kier alpha value is -1.34. The molecule has 0 spiro atoms. The second-order valence-electron chi connectivity index (χ2n) is 3.36. The van der Waals surface area contributed by atoms with Crippen molar-refractivity contribution < 1.29 is 0 Å². The number of halogens is 1. The van der Waals surface area contributed by atoms with Gasteiger partial charge in [0.05, 0.1) is 10.5 Å². The molecule has 1 aromatic heterocycles. The van der Waals surface area contributed by atoms with Crippen molar-refractivity contribution in [3.8, 4) is 0 Å². The van der Waals surface area contributed by atoms with Crippen LogP contribution in [0, 0.1) is 0 Å². The lowest BCUT2D eigenvalue weighted by atomic mass is 10.1. The maximum atomic E-state index is 6.07. The number of para-hydroxylation sites is 1. The van der Waals surface area contributed by atoms with E-state index >= 15 is 0 Å². The molecule has 2 rings (SSSR count). The molecule has 0 saturated carbocycles. The van der Waals surface area contributed by atoms with Crippen molar-refractivity contribution in [1.82, 2.24) is 4.98 Å². The number of aromatic nitrogens is 1. The minimum absolute atomic E-state index is 0.737. The van der Waals surface area contributed by atoms with Gasteiger partial charge in [0.15, 0.2) is 0 Å². The summed E-state index contributed by atoms with van der Waals surface area (Å²) in [6, 6.07) is 10.0. The summed E-state index contributed by atoms with van der Waals surface area (Å²) in [5, 5.41) is 1.85. The summed E-state index contributed by atoms with van der Waals surface area (Å²) in [5.74, 6) is 0. The zero-order valence-electron chi connectivity index (χ0n) is 11.5. The molecule has 0 atom stereocenters. The maximum absolute atomic E-state index is 6.07. The van der Waals surface area contributed by atoms with Crippen LogP contribution < -0.4 is 0 Å². The van der Waals surface area contributed by atoms with E-state index in [9.17, 15) is 0 Å². The molecule has 1 nitrogen and oxygen atoms in total. The van der Waals surface area contributed by atoms with Crippen molar-refractivity contribution >= 4 is 22.5 Å². The van der Waals surface area contributed by atoms with Crippen LogP contribution in [0.4, 0.5) is 0 Å². The summed E-state index contributed by atoms with van der Waals surface area (Å²) in [5.41, 5.74) is 2.04. The van der Waals surface area contributed by atoms with Crippen LogP contribution in [0.25, 0.3) is 10.9 Å². The Morgan fingerprint density at radius 2 is 1.78 bits per heavy atom. The number of hydrogen-bond acceptors (Lipinski definition) is 1. The Kier molecular flexibility index (Phi) is 8.95. The third-order valence-corrected chi connectivity index (χ3v) is 2.54. The first kappa shape index (κ1) is 16.7. The number of pyridine rings is 1. The van der Waals surface area contributed by atoms with Gasteiger partial charge >= 0.3 is 0 Å². The highest BCUT2D eigenvalue weighted by Crippen LogP contribution is 2.21. The molecule has 0 unspecified atom stereocenters. The van der Waals surface area contributed by atoms with Crippen molar-refractivity contribution in [3.63, 3.8) is 0 Å². The van der Waals surface area contributed by atoms with E-state index in [2.05, 4.69) is 37.2 Å². The van der Waals surface area contributed by atoms with Gasteiger partial charge in [-0.05, 0) is 18.6 Å². The monoisotopic (exact) mass is 263 g/mol. The summed E-state index contributed by atoms with van der Waals surface area (Å²) >= 11 is 6.07. The highest BCUT2D eigenvalue weighted by molar-refractivity contribution is 6.35. The van der Waals surface area contributed by atoms with Crippen molar-refractivity contribution in [2.75, 3.05) is 0 Å². The molecular formula is C16H22ClN. The van der Waals surface area contributed by atoms with Crippen LogP contribution in [-0.4, -0.2) is 4.98 Å². The molecular weight excluding hydrogens is 242 g/mol. The molecule has 0 fully saturated rings. The van der Waals surface area contributed by atoms with Gasteiger partial charge in [0.1, 0.15) is 0 Å². The molecule has 0 saturated heterocycles. The lowest BCUT2D eigenvalue weighted by Crippen LogP contribution is -1.89. The Morgan fingerprint density at radius 3 is 2.39 bits per heavy atom. The van der Waals surface area contributed by atoms with Gasteiger partial charge in [-0.1, -0.05) is 57.0 Å². The zero-order valence-corrected chi connectivity index (χ0v) is 12.3. The first-order chi connectivity index (χ1) is 8.81. The van der Waals surface area contributed by atoms with Gasteiger partial charge in [0.25, 0.3) is 0 Å². The normalized spacial score (nSPS) is 8.89. The van der Waals surface area contributed by atoms with E-state index in [0.29, 0.717) is 0 Å². The summed E-state index contributed by atoms with van der Waals surface area (Å²) in [6.45, 7) is 12.2. The third-order valence-electron chi connectivity index (χ3n) is 2.23. The first-order valence-electron chi connectivity index (χ1n) is 6.35. The van der Waals surface area contributed by atoms with E-state index in [4.69, 9.17) is 11.6 Å². The van der Waals surface area contributed by atoms with Crippen LogP contribution in [0.1, 0.15) is 32.9 Å². The molecule has 98 valence electrons. The highest BCUT2D eigenvalue weighted by Gasteiger charge is 2.00. The first-order valence-corrected chi connectivity index (χ1v) is 6.73. The van der Waals surface area contributed by atoms with E-state index in [0.717, 1.165) is 34.5 Å². The topological polar surface area (TPSA) is 12.9 Å². The fourth-order valence-corrected chi connectivity index (χ4v) is 1.77. The largest absolute Gasteiger partial charge is 0.251 e. The molecule has 0 amide bonds. The molecule has 0 bridgehead atoms. The van der Waals surface area contributed by atoms with Gasteiger partial charge in [0, 0.05) is 11.1 Å². The van der Waals surface area contributed by atoms with E-state index < -0.39 is 0 Å². The van der Waals surface area contributed by atoms with Crippen molar-refractivity contribution in [1.29, 1.82) is 0 Å². The van der Waals surface area contributed by atoms with Crippen LogP contribution in [0.2, 0.25) is 5.02 Å². The molecule has 0 N–H and O–H groups in total. The maximum Gasteiger partial charge on any atom is 0.0891 e. The van der Waals surface area contributed by atoms with Crippen LogP contribution in [0.15, 0.2) is 43.5 Å². The van der Waals surface area contributed by atoms with Crippen LogP contribution in [0.3, 0.4) is 0 Å². The predicted molar refractivity (Wildman–Crippen MR) is 83.4 cm³/mol. The molecule has 1 heterocycles. The average Bonchev–Trinajstić information content (AvgIpc) is 2.45.